The smallest absolute Gasteiger partial charge is 0.496 e. The first kappa shape index (κ1) is 27.5. The van der Waals surface area contributed by atoms with Gasteiger partial charge in [-0.05, 0) is 36.6 Å². The van der Waals surface area contributed by atoms with Crippen LogP contribution in [0.3, 0.4) is 0 Å². The van der Waals surface area contributed by atoms with Crippen molar-refractivity contribution in [2.24, 2.45) is 7.05 Å². The van der Waals surface area contributed by atoms with Crippen LogP contribution in [0.25, 0.3) is 11.2 Å². The number of nitrogens with zero attached hydrogens (tertiary/aromatic N) is 4. The maximum atomic E-state index is 13.5. The number of aliphatic hydroxyl groups is 1. The van der Waals surface area contributed by atoms with Crippen molar-refractivity contribution in [2.45, 2.75) is 44.1 Å². The Morgan fingerprint density at radius 3 is 2.63 bits per heavy atom. The van der Waals surface area contributed by atoms with Gasteiger partial charge in [-0.2, -0.15) is 0 Å². The van der Waals surface area contributed by atoms with Crippen LogP contribution in [-0.4, -0.2) is 49.2 Å². The van der Waals surface area contributed by atoms with Crippen LogP contribution in [0.4, 0.5) is 13.2 Å². The minimum absolute atomic E-state index is 0.0135. The third-order valence-corrected chi connectivity index (χ3v) is 6.47. The predicted octanol–water partition coefficient (Wildman–Crippen LogP) is 3.27. The highest BCUT2D eigenvalue weighted by Gasteiger charge is 2.31. The Morgan fingerprint density at radius 2 is 2.00 bits per heavy atom. The third kappa shape index (κ3) is 5.81. The topological polar surface area (TPSA) is 101 Å². The van der Waals surface area contributed by atoms with Gasteiger partial charge in [0, 0.05) is 38.7 Å². The van der Waals surface area contributed by atoms with E-state index in [1.54, 1.807) is 4.57 Å². The number of halogens is 4. The second-order valence-electron chi connectivity index (χ2n) is 8.75. The quantitative estimate of drug-likeness (QED) is 0.408. The standard InChI is InChI=1S/C25H26ClF3N4O5/c1-31-22-21(23(35)32(24(31)36)10-3-11-34)33(14-15-4-6-17(26)7-5-15)20(30-22)13-16-12-18(38-25(27,28)29)8-9-19(16)37-2/h4-6,8-9,12,17,34H,3,7,10-11,13-14H2,1-2H3. The first-order chi connectivity index (χ1) is 18.0. The van der Waals surface area contributed by atoms with Gasteiger partial charge < -0.3 is 19.1 Å². The van der Waals surface area contributed by atoms with E-state index in [1.807, 2.05) is 18.2 Å². The van der Waals surface area contributed by atoms with Gasteiger partial charge in [0.1, 0.15) is 17.3 Å². The number of hydrogen-bond donors (Lipinski definition) is 1. The van der Waals surface area contributed by atoms with E-state index in [9.17, 15) is 27.9 Å². The van der Waals surface area contributed by atoms with Crippen molar-refractivity contribution in [2.75, 3.05) is 13.7 Å². The Balaban J connectivity index is 1.89. The summed E-state index contributed by atoms with van der Waals surface area (Å²) in [5, 5.41) is 9.08. The van der Waals surface area contributed by atoms with E-state index in [2.05, 4.69) is 9.72 Å². The Morgan fingerprint density at radius 1 is 1.24 bits per heavy atom. The van der Waals surface area contributed by atoms with Gasteiger partial charge in [-0.25, -0.2) is 9.78 Å². The lowest BCUT2D eigenvalue weighted by Gasteiger charge is -2.16. The summed E-state index contributed by atoms with van der Waals surface area (Å²) in [4.78, 5) is 31.0. The highest BCUT2D eigenvalue weighted by Crippen LogP contribution is 2.30. The molecular formula is C25H26ClF3N4O5. The second kappa shape index (κ2) is 11.1. The number of methoxy groups -OCH3 is 1. The minimum Gasteiger partial charge on any atom is -0.496 e. The summed E-state index contributed by atoms with van der Waals surface area (Å²) in [6, 6.07) is 3.70. The summed E-state index contributed by atoms with van der Waals surface area (Å²) in [5.74, 6) is 0.201. The molecule has 1 aliphatic rings. The maximum absolute atomic E-state index is 13.5. The Bertz CT molecular complexity index is 1520. The monoisotopic (exact) mass is 554 g/mol. The van der Waals surface area contributed by atoms with Gasteiger partial charge in [0.2, 0.25) is 0 Å². The Labute approximate surface area is 220 Å². The minimum atomic E-state index is -4.88. The molecule has 1 aromatic carbocycles. The lowest BCUT2D eigenvalue weighted by molar-refractivity contribution is -0.274. The number of allylic oxidation sites excluding steroid dienone is 4. The molecule has 9 nitrogen and oxygen atoms in total. The molecule has 13 heteroatoms. The van der Waals surface area contributed by atoms with E-state index in [0.29, 0.717) is 23.6 Å². The summed E-state index contributed by atoms with van der Waals surface area (Å²) in [6.45, 7) is 0.0195. The van der Waals surface area contributed by atoms with E-state index in [1.165, 1.54) is 30.9 Å². The molecule has 0 bridgehead atoms. The van der Waals surface area contributed by atoms with Crippen LogP contribution in [0, 0.1) is 0 Å². The summed E-state index contributed by atoms with van der Waals surface area (Å²) in [6.07, 6.45) is 1.48. The molecule has 38 heavy (non-hydrogen) atoms. The van der Waals surface area contributed by atoms with Crippen LogP contribution in [0.1, 0.15) is 24.2 Å². The number of fused-ring (bicyclic) bond motifs is 1. The van der Waals surface area contributed by atoms with Crippen LogP contribution in [0.15, 0.2) is 51.6 Å². The third-order valence-electron chi connectivity index (χ3n) is 6.15. The summed E-state index contributed by atoms with van der Waals surface area (Å²) in [5.41, 5.74) is 0.305. The zero-order valence-corrected chi connectivity index (χ0v) is 21.4. The molecule has 3 aromatic rings. The molecule has 0 radical (unpaired) electrons. The molecule has 2 heterocycles. The normalized spacial score (nSPS) is 15.7. The number of aromatic nitrogens is 4. The van der Waals surface area contributed by atoms with Crippen molar-refractivity contribution in [1.82, 2.24) is 18.7 Å². The number of aliphatic hydroxyl groups excluding tert-OH is 1. The second-order valence-corrected chi connectivity index (χ2v) is 9.31. The van der Waals surface area contributed by atoms with Gasteiger partial charge in [0.25, 0.3) is 5.56 Å². The molecule has 1 atom stereocenters. The van der Waals surface area contributed by atoms with Gasteiger partial charge in [0.05, 0.1) is 12.5 Å². The highest BCUT2D eigenvalue weighted by atomic mass is 35.5. The molecule has 0 spiro atoms. The van der Waals surface area contributed by atoms with Crippen LogP contribution < -0.4 is 20.7 Å². The van der Waals surface area contributed by atoms with Crippen molar-refractivity contribution in [3.8, 4) is 11.5 Å². The molecule has 1 aliphatic carbocycles. The summed E-state index contributed by atoms with van der Waals surface area (Å²) >= 11 is 6.16. The van der Waals surface area contributed by atoms with E-state index in [-0.39, 0.29) is 49.1 Å². The molecule has 0 aliphatic heterocycles. The van der Waals surface area contributed by atoms with Crippen molar-refractivity contribution < 1.29 is 27.8 Å². The number of aryl methyl sites for hydroxylation is 1. The van der Waals surface area contributed by atoms with Crippen LogP contribution in [0.2, 0.25) is 0 Å². The summed E-state index contributed by atoms with van der Waals surface area (Å²) < 4.78 is 51.9. The van der Waals surface area contributed by atoms with Crippen molar-refractivity contribution in [3.05, 3.63) is 74.2 Å². The van der Waals surface area contributed by atoms with Crippen LogP contribution >= 0.6 is 11.6 Å². The molecule has 0 fully saturated rings. The van der Waals surface area contributed by atoms with E-state index in [4.69, 9.17) is 16.3 Å². The fourth-order valence-electron chi connectivity index (χ4n) is 4.35. The average molecular weight is 555 g/mol. The van der Waals surface area contributed by atoms with Gasteiger partial charge >= 0.3 is 12.1 Å². The molecule has 0 saturated carbocycles. The van der Waals surface area contributed by atoms with Crippen molar-refractivity contribution in [3.63, 3.8) is 0 Å². The molecule has 4 rings (SSSR count). The molecule has 1 unspecified atom stereocenters. The first-order valence-corrected chi connectivity index (χ1v) is 12.2. The van der Waals surface area contributed by atoms with Crippen molar-refractivity contribution >= 4 is 22.8 Å². The van der Waals surface area contributed by atoms with Gasteiger partial charge in [-0.1, -0.05) is 18.2 Å². The summed E-state index contributed by atoms with van der Waals surface area (Å²) in [7, 11) is 2.87. The van der Waals surface area contributed by atoms with E-state index in [0.717, 1.165) is 16.2 Å². The number of imidazole rings is 1. The van der Waals surface area contributed by atoms with Crippen molar-refractivity contribution in [1.29, 1.82) is 0 Å². The average Bonchev–Trinajstić information content (AvgIpc) is 3.21. The Hall–Kier alpha value is -3.51. The van der Waals surface area contributed by atoms with Crippen LogP contribution in [0.5, 0.6) is 11.5 Å². The fraction of sp³-hybridized carbons (Fsp3) is 0.400. The molecule has 0 amide bonds. The Kier molecular flexibility index (Phi) is 8.02. The number of alkyl halides is 4. The number of rotatable bonds is 9. The molecular weight excluding hydrogens is 529 g/mol. The maximum Gasteiger partial charge on any atom is 0.573 e. The zero-order chi connectivity index (χ0) is 27.6. The van der Waals surface area contributed by atoms with Crippen LogP contribution in [-0.2, 0) is 26.6 Å². The largest absolute Gasteiger partial charge is 0.573 e. The fourth-order valence-corrected chi connectivity index (χ4v) is 4.51. The van der Waals surface area contributed by atoms with Gasteiger partial charge in [-0.15, -0.1) is 24.8 Å². The van der Waals surface area contributed by atoms with E-state index >= 15 is 0 Å². The number of hydrogen-bond acceptors (Lipinski definition) is 6. The number of benzene rings is 1. The SMILES string of the molecule is COc1ccc(OC(F)(F)F)cc1Cc1nc2c(c(=O)n(CCCO)c(=O)n2C)n1CC1=CCC(Cl)C=C1. The highest BCUT2D eigenvalue weighted by molar-refractivity contribution is 6.22. The number of ether oxygens (including phenoxy) is 2. The predicted molar refractivity (Wildman–Crippen MR) is 135 cm³/mol. The first-order valence-electron chi connectivity index (χ1n) is 11.8. The van der Waals surface area contributed by atoms with Gasteiger partial charge in [0.15, 0.2) is 11.2 Å². The van der Waals surface area contributed by atoms with E-state index < -0.39 is 23.4 Å². The molecule has 1 N–H and O–H groups in total. The molecule has 2 aromatic heterocycles. The molecule has 204 valence electrons. The molecule has 0 saturated heterocycles. The lowest BCUT2D eigenvalue weighted by atomic mass is 10.1. The van der Waals surface area contributed by atoms with Gasteiger partial charge in [-0.3, -0.25) is 13.9 Å². The lowest BCUT2D eigenvalue weighted by Crippen LogP contribution is -2.40. The zero-order valence-electron chi connectivity index (χ0n) is 20.7.